The molecule has 0 aromatic heterocycles. The molecule has 2 rings (SSSR count). The molecule has 86 valence electrons. The van der Waals surface area contributed by atoms with Gasteiger partial charge in [0.1, 0.15) is 0 Å². The Bertz CT molecular complexity index is 502. The highest BCUT2D eigenvalue weighted by atomic mass is 35.5. The van der Waals surface area contributed by atoms with E-state index in [-0.39, 0.29) is 0 Å². The molecule has 1 fully saturated rings. The molecule has 0 bridgehead atoms. The predicted octanol–water partition coefficient (Wildman–Crippen LogP) is 0.759. The molecule has 1 aromatic carbocycles. The molecule has 1 N–H and O–H groups in total. The fourth-order valence-electron chi connectivity index (χ4n) is 1.65. The first-order valence-electron chi connectivity index (χ1n) is 4.87. The van der Waals surface area contributed by atoms with Crippen LogP contribution in [0.15, 0.2) is 24.3 Å². The van der Waals surface area contributed by atoms with E-state index in [2.05, 4.69) is 5.32 Å². The lowest BCUT2D eigenvalue weighted by Crippen LogP contribution is -2.48. The highest BCUT2D eigenvalue weighted by molar-refractivity contribution is 7.73. The SMILES string of the molecule is O=S(=O)=C1CNCCN1c1ccc(Cl)cc1. The maximum atomic E-state index is 11.1. The highest BCUT2D eigenvalue weighted by Gasteiger charge is 2.18. The summed E-state index contributed by atoms with van der Waals surface area (Å²) in [5, 5.41) is 3.67. The van der Waals surface area contributed by atoms with Gasteiger partial charge in [-0.1, -0.05) is 11.6 Å². The van der Waals surface area contributed by atoms with E-state index in [4.69, 9.17) is 11.6 Å². The van der Waals surface area contributed by atoms with Crippen molar-refractivity contribution in [3.05, 3.63) is 29.3 Å². The van der Waals surface area contributed by atoms with Crippen LogP contribution in [0, 0.1) is 0 Å². The summed E-state index contributed by atoms with van der Waals surface area (Å²) < 4.78 is 22.1. The van der Waals surface area contributed by atoms with Crippen molar-refractivity contribution < 1.29 is 8.42 Å². The Morgan fingerprint density at radius 3 is 2.56 bits per heavy atom. The molecule has 16 heavy (non-hydrogen) atoms. The number of piperazine rings is 1. The van der Waals surface area contributed by atoms with Crippen LogP contribution in [0.3, 0.4) is 0 Å². The Kier molecular flexibility index (Phi) is 3.48. The van der Waals surface area contributed by atoms with Gasteiger partial charge in [0.05, 0.1) is 6.54 Å². The van der Waals surface area contributed by atoms with Gasteiger partial charge in [-0.25, -0.2) is 0 Å². The number of nitrogens with zero attached hydrogens (tertiary/aromatic N) is 1. The Morgan fingerprint density at radius 2 is 1.94 bits per heavy atom. The van der Waals surface area contributed by atoms with Crippen LogP contribution in [-0.2, 0) is 10.3 Å². The van der Waals surface area contributed by atoms with E-state index in [1.165, 1.54) is 0 Å². The van der Waals surface area contributed by atoms with Crippen molar-refractivity contribution in [1.82, 2.24) is 5.32 Å². The molecule has 1 aliphatic rings. The number of hydrogen-bond acceptors (Lipinski definition) is 3. The van der Waals surface area contributed by atoms with Crippen molar-refractivity contribution in [1.29, 1.82) is 0 Å². The third kappa shape index (κ3) is 2.37. The van der Waals surface area contributed by atoms with Crippen LogP contribution in [-0.4, -0.2) is 33.0 Å². The average molecular weight is 259 g/mol. The summed E-state index contributed by atoms with van der Waals surface area (Å²) in [6, 6.07) is 7.15. The normalized spacial score (nSPS) is 16.3. The van der Waals surface area contributed by atoms with Gasteiger partial charge >= 0.3 is 0 Å². The molecule has 1 aromatic rings. The minimum Gasteiger partial charge on any atom is -0.330 e. The van der Waals surface area contributed by atoms with Crippen molar-refractivity contribution in [2.45, 2.75) is 0 Å². The molecule has 0 spiro atoms. The Hall–Kier alpha value is -1.04. The van der Waals surface area contributed by atoms with E-state index in [1.807, 2.05) is 12.1 Å². The molecular formula is C10H11ClN2O2S. The first kappa shape index (κ1) is 11.4. The van der Waals surface area contributed by atoms with Crippen molar-refractivity contribution in [2.24, 2.45) is 0 Å². The van der Waals surface area contributed by atoms with Crippen LogP contribution in [0.2, 0.25) is 5.02 Å². The van der Waals surface area contributed by atoms with Gasteiger partial charge in [0.15, 0.2) is 4.99 Å². The van der Waals surface area contributed by atoms with Crippen LogP contribution >= 0.6 is 11.6 Å². The second kappa shape index (κ2) is 4.86. The molecule has 0 radical (unpaired) electrons. The fourth-order valence-corrected chi connectivity index (χ4v) is 2.37. The zero-order valence-corrected chi connectivity index (χ0v) is 10.1. The number of halogens is 1. The zero-order chi connectivity index (χ0) is 11.5. The average Bonchev–Trinajstić information content (AvgIpc) is 2.30. The maximum absolute atomic E-state index is 11.1. The maximum Gasteiger partial charge on any atom is 0.235 e. The number of benzene rings is 1. The Morgan fingerprint density at radius 1 is 1.25 bits per heavy atom. The van der Waals surface area contributed by atoms with Crippen molar-refractivity contribution >= 4 is 32.6 Å². The summed E-state index contributed by atoms with van der Waals surface area (Å²) in [5.41, 5.74) is 0.852. The molecule has 0 aliphatic carbocycles. The highest BCUT2D eigenvalue weighted by Crippen LogP contribution is 2.18. The third-order valence-corrected chi connectivity index (χ3v) is 3.42. The van der Waals surface area contributed by atoms with Crippen molar-refractivity contribution in [2.75, 3.05) is 24.5 Å². The molecule has 0 saturated carbocycles. The predicted molar refractivity (Wildman–Crippen MR) is 65.6 cm³/mol. The van der Waals surface area contributed by atoms with E-state index in [9.17, 15) is 8.42 Å². The Labute approximate surface area is 100 Å². The van der Waals surface area contributed by atoms with E-state index >= 15 is 0 Å². The first-order valence-corrected chi connectivity index (χ1v) is 6.32. The van der Waals surface area contributed by atoms with Gasteiger partial charge in [-0.05, 0) is 24.3 Å². The number of anilines is 1. The second-order valence-electron chi connectivity index (χ2n) is 3.43. The monoisotopic (exact) mass is 258 g/mol. The molecule has 0 unspecified atom stereocenters. The summed E-state index contributed by atoms with van der Waals surface area (Å²) in [6.07, 6.45) is 0. The van der Waals surface area contributed by atoms with Crippen LogP contribution in [0.25, 0.3) is 0 Å². The van der Waals surface area contributed by atoms with Gasteiger partial charge in [-0.15, -0.1) is 0 Å². The summed E-state index contributed by atoms with van der Waals surface area (Å²) in [5.74, 6) is 0. The lowest BCUT2D eigenvalue weighted by molar-refractivity contribution is 0.624. The van der Waals surface area contributed by atoms with Crippen molar-refractivity contribution in [3.8, 4) is 0 Å². The van der Waals surface area contributed by atoms with Crippen LogP contribution in [0.5, 0.6) is 0 Å². The van der Waals surface area contributed by atoms with Gasteiger partial charge in [-0.2, -0.15) is 8.42 Å². The second-order valence-corrected chi connectivity index (χ2v) is 4.81. The van der Waals surface area contributed by atoms with Gasteiger partial charge in [0.25, 0.3) is 0 Å². The van der Waals surface area contributed by atoms with Crippen molar-refractivity contribution in [3.63, 3.8) is 0 Å². The van der Waals surface area contributed by atoms with Gasteiger partial charge < -0.3 is 10.2 Å². The molecule has 6 heteroatoms. The number of nitrogens with one attached hydrogen (secondary N) is 1. The number of hydrogen-bond donors (Lipinski definition) is 1. The molecule has 1 saturated heterocycles. The molecule has 0 atom stereocenters. The lowest BCUT2D eigenvalue weighted by Gasteiger charge is -2.29. The van der Waals surface area contributed by atoms with Gasteiger partial charge in [-0.3, -0.25) is 0 Å². The topological polar surface area (TPSA) is 49.4 Å². The summed E-state index contributed by atoms with van der Waals surface area (Å²) in [4.78, 5) is 2.16. The van der Waals surface area contributed by atoms with Crippen LogP contribution < -0.4 is 10.2 Å². The standard InChI is InChI=1S/C10H11ClN2O2S/c11-8-1-3-9(4-2-8)13-6-5-12-7-10(13)16(14)15/h1-4,12H,5-7H2. The van der Waals surface area contributed by atoms with E-state index in [1.54, 1.807) is 17.0 Å². The quantitative estimate of drug-likeness (QED) is 0.756. The molecule has 4 nitrogen and oxygen atoms in total. The van der Waals surface area contributed by atoms with Crippen LogP contribution in [0.1, 0.15) is 0 Å². The lowest BCUT2D eigenvalue weighted by atomic mass is 10.2. The third-order valence-electron chi connectivity index (χ3n) is 2.42. The largest absolute Gasteiger partial charge is 0.330 e. The molecule has 1 heterocycles. The minimum atomic E-state index is -2.19. The molecule has 1 aliphatic heterocycles. The number of rotatable bonds is 1. The van der Waals surface area contributed by atoms with E-state index in [0.29, 0.717) is 23.1 Å². The first-order chi connectivity index (χ1) is 7.68. The van der Waals surface area contributed by atoms with Gasteiger partial charge in [0.2, 0.25) is 10.3 Å². The summed E-state index contributed by atoms with van der Waals surface area (Å²) in [7, 11) is -2.19. The smallest absolute Gasteiger partial charge is 0.235 e. The van der Waals surface area contributed by atoms with E-state index < -0.39 is 10.3 Å². The van der Waals surface area contributed by atoms with Gasteiger partial charge in [0, 0.05) is 23.8 Å². The summed E-state index contributed by atoms with van der Waals surface area (Å²) >= 11 is 5.79. The zero-order valence-electron chi connectivity index (χ0n) is 8.48. The van der Waals surface area contributed by atoms with Crippen LogP contribution in [0.4, 0.5) is 5.69 Å². The Balaban J connectivity index is 2.38. The fraction of sp³-hybridized carbons (Fsp3) is 0.300. The molecular weight excluding hydrogens is 248 g/mol. The minimum absolute atomic E-state index is 0.369. The summed E-state index contributed by atoms with van der Waals surface area (Å²) in [6.45, 7) is 1.78. The molecule has 0 amide bonds. The van der Waals surface area contributed by atoms with E-state index in [0.717, 1.165) is 12.2 Å².